The zero-order chi connectivity index (χ0) is 8.81. The highest BCUT2D eigenvalue weighted by Gasteiger charge is 2.17. The molecule has 0 amide bonds. The lowest BCUT2D eigenvalue weighted by molar-refractivity contribution is 0.311. The number of nitrogens with one attached hydrogen (secondary N) is 1. The van der Waals surface area contributed by atoms with E-state index in [1.165, 1.54) is 32.1 Å². The van der Waals surface area contributed by atoms with Crippen molar-refractivity contribution in [2.45, 2.75) is 45.1 Å². The van der Waals surface area contributed by atoms with Crippen molar-refractivity contribution in [3.05, 3.63) is 0 Å². The molecule has 0 heterocycles. The Balaban J connectivity index is 2.01. The largest absolute Gasteiger partial charge is 0.330 e. The molecule has 0 aromatic heterocycles. The van der Waals surface area contributed by atoms with Crippen molar-refractivity contribution in [3.63, 3.8) is 0 Å². The van der Waals surface area contributed by atoms with Crippen molar-refractivity contribution in [2.75, 3.05) is 13.1 Å². The molecule has 0 saturated heterocycles. The van der Waals surface area contributed by atoms with E-state index in [9.17, 15) is 0 Å². The summed E-state index contributed by atoms with van der Waals surface area (Å²) in [6.07, 6.45) is 6.70. The molecule has 1 aliphatic carbocycles. The van der Waals surface area contributed by atoms with Crippen molar-refractivity contribution in [1.82, 2.24) is 5.32 Å². The second kappa shape index (κ2) is 5.55. The van der Waals surface area contributed by atoms with E-state index in [4.69, 9.17) is 5.73 Å². The van der Waals surface area contributed by atoms with Gasteiger partial charge in [0.1, 0.15) is 0 Å². The normalized spacial score (nSPS) is 20.5. The van der Waals surface area contributed by atoms with Crippen LogP contribution < -0.4 is 11.1 Å². The summed E-state index contributed by atoms with van der Waals surface area (Å²) in [5.74, 6) is 0.704. The van der Waals surface area contributed by atoms with Crippen molar-refractivity contribution in [3.8, 4) is 0 Å². The summed E-state index contributed by atoms with van der Waals surface area (Å²) in [5.41, 5.74) is 5.66. The maximum Gasteiger partial charge on any atom is 0.00672 e. The second-order valence-electron chi connectivity index (χ2n) is 3.93. The van der Waals surface area contributed by atoms with Crippen LogP contribution in [0.1, 0.15) is 39.0 Å². The Morgan fingerprint density at radius 2 is 2.25 bits per heavy atom. The number of nitrogens with two attached hydrogens (primary N) is 1. The lowest BCUT2D eigenvalue weighted by Crippen LogP contribution is -2.39. The van der Waals surface area contributed by atoms with E-state index in [1.54, 1.807) is 0 Å². The smallest absolute Gasteiger partial charge is 0.00672 e. The molecule has 1 unspecified atom stereocenters. The Morgan fingerprint density at radius 1 is 1.50 bits per heavy atom. The quantitative estimate of drug-likeness (QED) is 0.634. The van der Waals surface area contributed by atoms with Crippen molar-refractivity contribution in [1.29, 1.82) is 0 Å². The Hall–Kier alpha value is -0.0800. The molecule has 1 rings (SSSR count). The molecule has 0 aromatic carbocycles. The highest BCUT2D eigenvalue weighted by atomic mass is 14.9. The number of rotatable bonds is 6. The third kappa shape index (κ3) is 3.11. The van der Waals surface area contributed by atoms with Crippen LogP contribution in [0.5, 0.6) is 0 Å². The van der Waals surface area contributed by atoms with E-state index in [0.29, 0.717) is 5.92 Å². The van der Waals surface area contributed by atoms with Crippen LogP contribution in [0.3, 0.4) is 0 Å². The van der Waals surface area contributed by atoms with E-state index in [-0.39, 0.29) is 0 Å². The first-order valence-electron chi connectivity index (χ1n) is 5.30. The highest BCUT2D eigenvalue weighted by molar-refractivity contribution is 4.77. The minimum absolute atomic E-state index is 0.704. The fourth-order valence-electron chi connectivity index (χ4n) is 1.66. The first-order valence-corrected chi connectivity index (χ1v) is 5.30. The second-order valence-corrected chi connectivity index (χ2v) is 3.93. The summed E-state index contributed by atoms with van der Waals surface area (Å²) < 4.78 is 0. The van der Waals surface area contributed by atoms with Crippen molar-refractivity contribution >= 4 is 0 Å². The summed E-state index contributed by atoms with van der Waals surface area (Å²) in [4.78, 5) is 0. The molecule has 1 fully saturated rings. The lowest BCUT2D eigenvalue weighted by atomic mass is 9.92. The molecule has 2 nitrogen and oxygen atoms in total. The SMILES string of the molecule is CCCC(CN)CNC1CCC1. The molecule has 12 heavy (non-hydrogen) atoms. The van der Waals surface area contributed by atoms with Gasteiger partial charge < -0.3 is 11.1 Å². The topological polar surface area (TPSA) is 38.0 Å². The molecule has 1 aliphatic rings. The average molecular weight is 170 g/mol. The van der Waals surface area contributed by atoms with Crippen LogP contribution in [0, 0.1) is 5.92 Å². The first kappa shape index (κ1) is 10.0. The van der Waals surface area contributed by atoms with Gasteiger partial charge in [-0.15, -0.1) is 0 Å². The lowest BCUT2D eigenvalue weighted by Gasteiger charge is -2.28. The van der Waals surface area contributed by atoms with E-state index >= 15 is 0 Å². The minimum Gasteiger partial charge on any atom is -0.330 e. The molecular weight excluding hydrogens is 148 g/mol. The maximum absolute atomic E-state index is 5.66. The third-order valence-corrected chi connectivity index (χ3v) is 2.83. The molecule has 1 atom stereocenters. The van der Waals surface area contributed by atoms with E-state index in [1.807, 2.05) is 0 Å². The van der Waals surface area contributed by atoms with Gasteiger partial charge in [0.05, 0.1) is 0 Å². The molecule has 0 radical (unpaired) electrons. The molecule has 0 aliphatic heterocycles. The Bertz CT molecular complexity index is 110. The molecule has 0 spiro atoms. The standard InChI is InChI=1S/C10H22N2/c1-2-4-9(7-11)8-12-10-5-3-6-10/h9-10,12H,2-8,11H2,1H3. The molecule has 0 aromatic rings. The summed E-state index contributed by atoms with van der Waals surface area (Å²) in [6, 6.07) is 0.816. The summed E-state index contributed by atoms with van der Waals surface area (Å²) in [7, 11) is 0. The molecule has 0 bridgehead atoms. The van der Waals surface area contributed by atoms with Gasteiger partial charge in [0.25, 0.3) is 0 Å². The van der Waals surface area contributed by atoms with Gasteiger partial charge in [-0.2, -0.15) is 0 Å². The predicted molar refractivity (Wildman–Crippen MR) is 53.1 cm³/mol. The van der Waals surface area contributed by atoms with Gasteiger partial charge in [0.2, 0.25) is 0 Å². The molecule has 3 N–H and O–H groups in total. The first-order chi connectivity index (χ1) is 5.86. The average Bonchev–Trinajstić information content (AvgIpc) is 2.00. The van der Waals surface area contributed by atoms with Crippen LogP contribution in [-0.4, -0.2) is 19.1 Å². The van der Waals surface area contributed by atoms with Gasteiger partial charge in [-0.25, -0.2) is 0 Å². The predicted octanol–water partition coefficient (Wildman–Crippen LogP) is 1.50. The van der Waals surface area contributed by atoms with Crippen LogP contribution in [-0.2, 0) is 0 Å². The van der Waals surface area contributed by atoms with Gasteiger partial charge in [-0.05, 0) is 38.3 Å². The van der Waals surface area contributed by atoms with Gasteiger partial charge in [-0.1, -0.05) is 19.8 Å². The van der Waals surface area contributed by atoms with Gasteiger partial charge in [0.15, 0.2) is 0 Å². The Morgan fingerprint density at radius 3 is 2.67 bits per heavy atom. The molecule has 2 heteroatoms. The molecular formula is C10H22N2. The van der Waals surface area contributed by atoms with Gasteiger partial charge in [0, 0.05) is 6.04 Å². The van der Waals surface area contributed by atoms with E-state index in [0.717, 1.165) is 19.1 Å². The molecule has 1 saturated carbocycles. The van der Waals surface area contributed by atoms with E-state index < -0.39 is 0 Å². The van der Waals surface area contributed by atoms with Crippen LogP contribution in [0.4, 0.5) is 0 Å². The summed E-state index contributed by atoms with van der Waals surface area (Å²) in [5, 5.41) is 3.57. The fraction of sp³-hybridized carbons (Fsp3) is 1.00. The van der Waals surface area contributed by atoms with Crippen LogP contribution in [0.25, 0.3) is 0 Å². The number of hydrogen-bond donors (Lipinski definition) is 2. The summed E-state index contributed by atoms with van der Waals surface area (Å²) in [6.45, 7) is 4.20. The molecule has 72 valence electrons. The van der Waals surface area contributed by atoms with Gasteiger partial charge >= 0.3 is 0 Å². The van der Waals surface area contributed by atoms with Crippen LogP contribution in [0.15, 0.2) is 0 Å². The van der Waals surface area contributed by atoms with Gasteiger partial charge in [-0.3, -0.25) is 0 Å². The van der Waals surface area contributed by atoms with Crippen molar-refractivity contribution in [2.24, 2.45) is 11.7 Å². The number of hydrogen-bond acceptors (Lipinski definition) is 2. The van der Waals surface area contributed by atoms with Crippen molar-refractivity contribution < 1.29 is 0 Å². The Labute approximate surface area is 75.9 Å². The zero-order valence-corrected chi connectivity index (χ0v) is 8.18. The Kier molecular flexibility index (Phi) is 4.62. The fourth-order valence-corrected chi connectivity index (χ4v) is 1.66. The van der Waals surface area contributed by atoms with E-state index in [2.05, 4.69) is 12.2 Å². The summed E-state index contributed by atoms with van der Waals surface area (Å²) >= 11 is 0. The van der Waals surface area contributed by atoms with Crippen LogP contribution in [0.2, 0.25) is 0 Å². The monoisotopic (exact) mass is 170 g/mol. The minimum atomic E-state index is 0.704. The zero-order valence-electron chi connectivity index (χ0n) is 8.18. The maximum atomic E-state index is 5.66. The highest BCUT2D eigenvalue weighted by Crippen LogP contribution is 2.18. The van der Waals surface area contributed by atoms with Crippen LogP contribution >= 0.6 is 0 Å². The third-order valence-electron chi connectivity index (χ3n) is 2.83.